The maximum Gasteiger partial charge on any atom is 0.157 e. The van der Waals surface area contributed by atoms with E-state index in [2.05, 4.69) is 33.0 Å². The molecule has 1 aliphatic rings. The fourth-order valence-electron chi connectivity index (χ4n) is 1.99. The highest BCUT2D eigenvalue weighted by Crippen LogP contribution is 2.22. The van der Waals surface area contributed by atoms with Crippen molar-refractivity contribution in [2.75, 3.05) is 5.75 Å². The van der Waals surface area contributed by atoms with E-state index in [1.54, 1.807) is 0 Å². The fraction of sp³-hybridized carbons (Fsp3) is 0.929. The van der Waals surface area contributed by atoms with Gasteiger partial charge < -0.3 is 5.32 Å². The van der Waals surface area contributed by atoms with Gasteiger partial charge in [-0.2, -0.15) is 0 Å². The van der Waals surface area contributed by atoms with Gasteiger partial charge in [-0.1, -0.05) is 44.4 Å². The molecule has 0 radical (unpaired) electrons. The summed E-state index contributed by atoms with van der Waals surface area (Å²) in [4.78, 5) is 4.80. The van der Waals surface area contributed by atoms with E-state index in [-0.39, 0.29) is 5.54 Å². The molecule has 0 aliphatic carbocycles. The highest BCUT2D eigenvalue weighted by Gasteiger charge is 2.24. The molecule has 1 fully saturated rings. The Morgan fingerprint density at radius 2 is 2.12 bits per heavy atom. The summed E-state index contributed by atoms with van der Waals surface area (Å²) in [5, 5.41) is 4.69. The van der Waals surface area contributed by atoms with Gasteiger partial charge in [-0.3, -0.25) is 4.99 Å². The van der Waals surface area contributed by atoms with E-state index in [1.165, 1.54) is 44.3 Å². The third kappa shape index (κ3) is 6.35. The first-order chi connectivity index (χ1) is 8.03. The van der Waals surface area contributed by atoms with Crippen LogP contribution < -0.4 is 5.32 Å². The van der Waals surface area contributed by atoms with Crippen LogP contribution in [0.1, 0.15) is 66.2 Å². The number of amidine groups is 1. The van der Waals surface area contributed by atoms with E-state index in [0.29, 0.717) is 6.04 Å². The SMILES string of the molecule is CCCCCCC(C)N=C1NC(C)(C)CCS1. The lowest BCUT2D eigenvalue weighted by molar-refractivity contribution is 0.444. The van der Waals surface area contributed by atoms with Crippen molar-refractivity contribution in [3.8, 4) is 0 Å². The summed E-state index contributed by atoms with van der Waals surface area (Å²) in [7, 11) is 0. The monoisotopic (exact) mass is 256 g/mol. The summed E-state index contributed by atoms with van der Waals surface area (Å²) >= 11 is 1.88. The third-order valence-electron chi connectivity index (χ3n) is 3.22. The molecule has 0 saturated carbocycles. The smallest absolute Gasteiger partial charge is 0.157 e. The minimum absolute atomic E-state index is 0.228. The summed E-state index contributed by atoms with van der Waals surface area (Å²) in [6.07, 6.45) is 7.81. The van der Waals surface area contributed by atoms with Crippen molar-refractivity contribution in [3.05, 3.63) is 0 Å². The van der Waals surface area contributed by atoms with Gasteiger partial charge in [0.2, 0.25) is 0 Å². The minimum atomic E-state index is 0.228. The van der Waals surface area contributed by atoms with E-state index >= 15 is 0 Å². The molecule has 1 heterocycles. The molecule has 17 heavy (non-hydrogen) atoms. The minimum Gasteiger partial charge on any atom is -0.360 e. The first kappa shape index (κ1) is 14.9. The van der Waals surface area contributed by atoms with E-state index < -0.39 is 0 Å². The Kier molecular flexibility index (Phi) is 6.39. The van der Waals surface area contributed by atoms with Gasteiger partial charge in [0.25, 0.3) is 0 Å². The van der Waals surface area contributed by atoms with Crippen LogP contribution in [0.2, 0.25) is 0 Å². The second-order valence-corrected chi connectivity index (χ2v) is 6.82. The molecule has 3 heteroatoms. The third-order valence-corrected chi connectivity index (χ3v) is 4.11. The molecule has 1 rings (SSSR count). The average Bonchev–Trinajstić information content (AvgIpc) is 2.23. The van der Waals surface area contributed by atoms with Gasteiger partial charge in [-0.15, -0.1) is 0 Å². The Labute approximate surface area is 111 Å². The van der Waals surface area contributed by atoms with Crippen LogP contribution in [0.5, 0.6) is 0 Å². The number of aliphatic imine (C=N–C) groups is 1. The summed E-state index contributed by atoms with van der Waals surface area (Å²) < 4.78 is 0. The molecule has 100 valence electrons. The molecule has 1 saturated heterocycles. The number of thioether (sulfide) groups is 1. The molecule has 0 aromatic rings. The highest BCUT2D eigenvalue weighted by atomic mass is 32.2. The van der Waals surface area contributed by atoms with E-state index in [4.69, 9.17) is 4.99 Å². The van der Waals surface area contributed by atoms with Crippen LogP contribution in [0.3, 0.4) is 0 Å². The Balaban J connectivity index is 2.30. The lowest BCUT2D eigenvalue weighted by Gasteiger charge is -2.32. The van der Waals surface area contributed by atoms with Gasteiger partial charge in [0.05, 0.1) is 0 Å². The zero-order valence-corrected chi connectivity index (χ0v) is 12.7. The standard InChI is InChI=1S/C14H28N2S/c1-5-6-7-8-9-12(2)15-13-16-14(3,4)10-11-17-13/h12H,5-11H2,1-4H3,(H,15,16). The predicted molar refractivity (Wildman–Crippen MR) is 79.9 cm³/mol. The van der Waals surface area contributed by atoms with Gasteiger partial charge in [0, 0.05) is 17.3 Å². The van der Waals surface area contributed by atoms with Crippen molar-refractivity contribution in [1.29, 1.82) is 0 Å². The van der Waals surface area contributed by atoms with E-state index in [9.17, 15) is 0 Å². The molecule has 2 nitrogen and oxygen atoms in total. The van der Waals surface area contributed by atoms with Crippen molar-refractivity contribution in [2.45, 2.75) is 77.8 Å². The van der Waals surface area contributed by atoms with Crippen LogP contribution >= 0.6 is 11.8 Å². The Hall–Kier alpha value is -0.180. The van der Waals surface area contributed by atoms with Crippen molar-refractivity contribution in [1.82, 2.24) is 5.32 Å². The molecule has 1 unspecified atom stereocenters. The molecule has 1 atom stereocenters. The second-order valence-electron chi connectivity index (χ2n) is 5.74. The predicted octanol–water partition coefficient (Wildman–Crippen LogP) is 4.21. The van der Waals surface area contributed by atoms with Crippen molar-refractivity contribution in [2.24, 2.45) is 4.99 Å². The molecule has 0 amide bonds. The lowest BCUT2D eigenvalue weighted by atomic mass is 10.0. The Bertz CT molecular complexity index is 249. The second kappa shape index (κ2) is 7.30. The largest absolute Gasteiger partial charge is 0.360 e. The van der Waals surface area contributed by atoms with Gasteiger partial charge in [0.1, 0.15) is 0 Å². The first-order valence-electron chi connectivity index (χ1n) is 7.02. The van der Waals surface area contributed by atoms with Crippen LogP contribution in [0.25, 0.3) is 0 Å². The quantitative estimate of drug-likeness (QED) is 0.720. The molecular weight excluding hydrogens is 228 g/mol. The van der Waals surface area contributed by atoms with Gasteiger partial charge in [-0.05, 0) is 33.6 Å². The maximum atomic E-state index is 4.80. The van der Waals surface area contributed by atoms with E-state index in [1.807, 2.05) is 11.8 Å². The number of nitrogens with zero attached hydrogens (tertiary/aromatic N) is 1. The van der Waals surface area contributed by atoms with E-state index in [0.717, 1.165) is 5.17 Å². The number of rotatable bonds is 6. The van der Waals surface area contributed by atoms with Crippen molar-refractivity contribution < 1.29 is 0 Å². The number of unbranched alkanes of at least 4 members (excludes halogenated alkanes) is 3. The number of hydrogen-bond donors (Lipinski definition) is 1. The number of nitrogens with one attached hydrogen (secondary N) is 1. The Morgan fingerprint density at radius 1 is 1.35 bits per heavy atom. The molecule has 0 spiro atoms. The molecule has 0 bridgehead atoms. The summed E-state index contributed by atoms with van der Waals surface area (Å²) in [6, 6.07) is 0.468. The lowest BCUT2D eigenvalue weighted by Crippen LogP contribution is -2.46. The molecule has 0 aromatic carbocycles. The molecular formula is C14H28N2S. The average molecular weight is 256 g/mol. The van der Waals surface area contributed by atoms with Crippen LogP contribution in [0.4, 0.5) is 0 Å². The number of hydrogen-bond acceptors (Lipinski definition) is 2. The van der Waals surface area contributed by atoms with Crippen LogP contribution in [0, 0.1) is 0 Å². The topological polar surface area (TPSA) is 24.4 Å². The zero-order chi connectivity index (χ0) is 12.7. The molecule has 1 aliphatic heterocycles. The summed E-state index contributed by atoms with van der Waals surface area (Å²) in [5.41, 5.74) is 0.228. The Morgan fingerprint density at radius 3 is 2.76 bits per heavy atom. The van der Waals surface area contributed by atoms with Gasteiger partial charge in [-0.25, -0.2) is 0 Å². The van der Waals surface area contributed by atoms with Crippen LogP contribution in [-0.4, -0.2) is 22.5 Å². The van der Waals surface area contributed by atoms with Gasteiger partial charge in [0.15, 0.2) is 5.17 Å². The van der Waals surface area contributed by atoms with Crippen molar-refractivity contribution >= 4 is 16.9 Å². The van der Waals surface area contributed by atoms with Crippen LogP contribution in [-0.2, 0) is 0 Å². The fourth-order valence-corrected chi connectivity index (χ4v) is 3.40. The van der Waals surface area contributed by atoms with Gasteiger partial charge >= 0.3 is 0 Å². The zero-order valence-electron chi connectivity index (χ0n) is 11.9. The highest BCUT2D eigenvalue weighted by molar-refractivity contribution is 8.13. The van der Waals surface area contributed by atoms with Crippen molar-refractivity contribution in [3.63, 3.8) is 0 Å². The molecule has 1 N–H and O–H groups in total. The first-order valence-corrected chi connectivity index (χ1v) is 8.01. The molecule has 0 aromatic heterocycles. The summed E-state index contributed by atoms with van der Waals surface area (Å²) in [5.74, 6) is 1.20. The van der Waals surface area contributed by atoms with Crippen LogP contribution in [0.15, 0.2) is 4.99 Å². The summed E-state index contributed by atoms with van der Waals surface area (Å²) in [6.45, 7) is 9.01. The normalized spacial score (nSPS) is 23.4. The maximum absolute atomic E-state index is 4.80.